The topological polar surface area (TPSA) is 43.9 Å². The van der Waals surface area contributed by atoms with Gasteiger partial charge in [0.05, 0.1) is 22.2 Å². The molecule has 0 fully saturated rings. The minimum Gasteiger partial charge on any atom is -0.456 e. The van der Waals surface area contributed by atoms with E-state index >= 15 is 0 Å². The van der Waals surface area contributed by atoms with E-state index in [-0.39, 0.29) is 0 Å². The molecule has 0 atom stereocenters. The van der Waals surface area contributed by atoms with Crippen LogP contribution in [0.3, 0.4) is 0 Å². The van der Waals surface area contributed by atoms with Crippen molar-refractivity contribution in [1.82, 2.24) is 14.5 Å². The highest BCUT2D eigenvalue weighted by molar-refractivity contribution is 9.10. The molecule has 0 radical (unpaired) electrons. The molecule has 0 aliphatic carbocycles. The van der Waals surface area contributed by atoms with Gasteiger partial charge in [-0.2, -0.15) is 0 Å². The molecule has 0 unspecified atom stereocenters. The van der Waals surface area contributed by atoms with Crippen molar-refractivity contribution in [2.45, 2.75) is 0 Å². The molecule has 0 N–H and O–H groups in total. The van der Waals surface area contributed by atoms with Crippen LogP contribution in [0.15, 0.2) is 167 Å². The SMILES string of the molecule is Brc1cccc2oc3ccc(-c4ccc5c6c7ccccc7c7ccccc7c6n(-c6nc(-c7ccccc7)c7ccccc7n6)c5c4)cc3c12. The lowest BCUT2D eigenvalue weighted by Gasteiger charge is -2.14. The Hall–Kier alpha value is -6.30. The molecule has 0 saturated carbocycles. The number of rotatable bonds is 3. The van der Waals surface area contributed by atoms with Crippen molar-refractivity contribution < 1.29 is 4.42 Å². The monoisotopic (exact) mass is 715 g/mol. The fourth-order valence-corrected chi connectivity index (χ4v) is 8.57. The summed E-state index contributed by atoms with van der Waals surface area (Å²) in [6.07, 6.45) is 0. The number of aromatic nitrogens is 3. The molecule has 11 rings (SSSR count). The van der Waals surface area contributed by atoms with Gasteiger partial charge >= 0.3 is 0 Å². The molecule has 0 spiro atoms. The number of furan rings is 1. The molecule has 11 aromatic rings. The van der Waals surface area contributed by atoms with Crippen molar-refractivity contribution in [2.75, 3.05) is 0 Å². The number of fused-ring (bicyclic) bond motifs is 12. The number of para-hydroxylation sites is 1. The van der Waals surface area contributed by atoms with Gasteiger partial charge in [0.15, 0.2) is 0 Å². The summed E-state index contributed by atoms with van der Waals surface area (Å²) in [6, 6.07) is 55.6. The lowest BCUT2D eigenvalue weighted by atomic mass is 9.96. The Balaban J connectivity index is 1.29. The Labute approximate surface area is 300 Å². The van der Waals surface area contributed by atoms with Crippen LogP contribution in [0.2, 0.25) is 0 Å². The number of nitrogens with zero attached hydrogens (tertiary/aromatic N) is 3. The minimum atomic E-state index is 0.644. The zero-order valence-corrected chi connectivity index (χ0v) is 28.7. The second-order valence-electron chi connectivity index (χ2n) is 13.1. The van der Waals surface area contributed by atoms with Crippen molar-refractivity contribution in [3.05, 3.63) is 162 Å². The first-order valence-corrected chi connectivity index (χ1v) is 17.8. The number of hydrogen-bond donors (Lipinski definition) is 0. The van der Waals surface area contributed by atoms with Crippen molar-refractivity contribution in [3.8, 4) is 28.3 Å². The molecule has 5 heteroatoms. The maximum absolute atomic E-state index is 6.23. The summed E-state index contributed by atoms with van der Waals surface area (Å²) in [4.78, 5) is 10.7. The number of benzene rings is 8. The van der Waals surface area contributed by atoms with E-state index in [1.54, 1.807) is 0 Å². The zero-order valence-electron chi connectivity index (χ0n) is 27.1. The molecule has 0 saturated heterocycles. The van der Waals surface area contributed by atoms with Crippen LogP contribution in [-0.4, -0.2) is 14.5 Å². The third kappa shape index (κ3) is 4.19. The largest absolute Gasteiger partial charge is 0.456 e. The second-order valence-corrected chi connectivity index (χ2v) is 13.9. The summed E-state index contributed by atoms with van der Waals surface area (Å²) in [7, 11) is 0. The first-order valence-electron chi connectivity index (χ1n) is 17.0. The van der Waals surface area contributed by atoms with Crippen LogP contribution in [0, 0.1) is 0 Å². The highest BCUT2D eigenvalue weighted by Gasteiger charge is 2.22. The molecular formula is C46H26BrN3O. The normalized spacial score (nSPS) is 12.0. The van der Waals surface area contributed by atoms with Crippen LogP contribution >= 0.6 is 15.9 Å². The summed E-state index contributed by atoms with van der Waals surface area (Å²) in [5.41, 5.74) is 8.98. The maximum Gasteiger partial charge on any atom is 0.235 e. The maximum atomic E-state index is 6.23. The standard InChI is InChI=1S/C46H26BrN3O/c47-37-18-10-20-41-43(37)36-25-28(22-24-40(36)51-41)29-21-23-35-39(26-29)50(45-33-16-7-5-14-31(33)30-13-4-6-15-32(30)42(35)45)46-48-38-19-9-8-17-34(38)44(49-46)27-11-2-1-3-12-27/h1-26H. The molecule has 238 valence electrons. The van der Waals surface area contributed by atoms with Crippen LogP contribution < -0.4 is 0 Å². The molecule has 3 heterocycles. The zero-order chi connectivity index (χ0) is 33.6. The summed E-state index contributed by atoms with van der Waals surface area (Å²) in [5.74, 6) is 0.644. The average molecular weight is 717 g/mol. The minimum absolute atomic E-state index is 0.644. The van der Waals surface area contributed by atoms with Crippen LogP contribution in [0.25, 0.3) is 105 Å². The quantitative estimate of drug-likeness (QED) is 0.171. The molecule has 3 aromatic heterocycles. The van der Waals surface area contributed by atoms with E-state index < -0.39 is 0 Å². The Bertz CT molecular complexity index is 3210. The van der Waals surface area contributed by atoms with Crippen LogP contribution in [0.4, 0.5) is 0 Å². The second kappa shape index (κ2) is 10.8. The summed E-state index contributed by atoms with van der Waals surface area (Å²) < 4.78 is 9.54. The van der Waals surface area contributed by atoms with E-state index in [0.717, 1.165) is 81.5 Å². The van der Waals surface area contributed by atoms with Gasteiger partial charge in [-0.05, 0) is 63.7 Å². The molecule has 0 aliphatic rings. The Morgan fingerprint density at radius 1 is 0.451 bits per heavy atom. The van der Waals surface area contributed by atoms with Gasteiger partial charge < -0.3 is 4.42 Å². The first kappa shape index (κ1) is 28.5. The van der Waals surface area contributed by atoms with Crippen LogP contribution in [0.1, 0.15) is 0 Å². The fraction of sp³-hybridized carbons (Fsp3) is 0. The van der Waals surface area contributed by atoms with Gasteiger partial charge in [0.1, 0.15) is 11.2 Å². The predicted molar refractivity (Wildman–Crippen MR) is 215 cm³/mol. The smallest absolute Gasteiger partial charge is 0.235 e. The predicted octanol–water partition coefficient (Wildman–Crippen LogP) is 13.0. The number of halogens is 1. The van der Waals surface area contributed by atoms with E-state index in [1.807, 2.05) is 18.2 Å². The highest BCUT2D eigenvalue weighted by atomic mass is 79.9. The summed E-state index contributed by atoms with van der Waals surface area (Å²) in [5, 5.41) is 10.4. The molecule has 0 amide bonds. The first-order chi connectivity index (χ1) is 25.2. The molecule has 0 bridgehead atoms. The third-order valence-electron chi connectivity index (χ3n) is 10.3. The van der Waals surface area contributed by atoms with Crippen molar-refractivity contribution in [2.24, 2.45) is 0 Å². The Morgan fingerprint density at radius 2 is 1.14 bits per heavy atom. The van der Waals surface area contributed by atoms with Crippen molar-refractivity contribution in [3.63, 3.8) is 0 Å². The van der Waals surface area contributed by atoms with Gasteiger partial charge in [0, 0.05) is 42.4 Å². The molecule has 0 aliphatic heterocycles. The van der Waals surface area contributed by atoms with Crippen LogP contribution in [-0.2, 0) is 0 Å². The Kier molecular flexibility index (Phi) is 6.07. The van der Waals surface area contributed by atoms with Gasteiger partial charge in [-0.1, -0.05) is 137 Å². The van der Waals surface area contributed by atoms with Gasteiger partial charge in [-0.15, -0.1) is 0 Å². The van der Waals surface area contributed by atoms with Gasteiger partial charge in [-0.3, -0.25) is 4.57 Å². The summed E-state index contributed by atoms with van der Waals surface area (Å²) >= 11 is 3.77. The highest BCUT2D eigenvalue weighted by Crippen LogP contribution is 2.44. The van der Waals surface area contributed by atoms with Crippen LogP contribution in [0.5, 0.6) is 0 Å². The van der Waals surface area contributed by atoms with Gasteiger partial charge in [0.25, 0.3) is 0 Å². The lowest BCUT2D eigenvalue weighted by molar-refractivity contribution is 0.669. The van der Waals surface area contributed by atoms with Crippen molar-refractivity contribution in [1.29, 1.82) is 0 Å². The molecule has 51 heavy (non-hydrogen) atoms. The molecule has 4 nitrogen and oxygen atoms in total. The molecule has 8 aromatic carbocycles. The number of hydrogen-bond acceptors (Lipinski definition) is 3. The third-order valence-corrected chi connectivity index (χ3v) is 10.9. The van der Waals surface area contributed by atoms with E-state index in [2.05, 4.69) is 160 Å². The van der Waals surface area contributed by atoms with E-state index in [4.69, 9.17) is 14.4 Å². The van der Waals surface area contributed by atoms with E-state index in [9.17, 15) is 0 Å². The lowest BCUT2D eigenvalue weighted by Crippen LogP contribution is -2.04. The average Bonchev–Trinajstić information content (AvgIpc) is 3.74. The summed E-state index contributed by atoms with van der Waals surface area (Å²) in [6.45, 7) is 0. The van der Waals surface area contributed by atoms with Gasteiger partial charge in [0.2, 0.25) is 5.95 Å². The van der Waals surface area contributed by atoms with Crippen molar-refractivity contribution >= 4 is 92.1 Å². The van der Waals surface area contributed by atoms with Gasteiger partial charge in [-0.25, -0.2) is 9.97 Å². The van der Waals surface area contributed by atoms with E-state index in [1.165, 1.54) is 21.5 Å². The fourth-order valence-electron chi connectivity index (χ4n) is 8.01. The Morgan fingerprint density at radius 3 is 1.98 bits per heavy atom. The molecular weight excluding hydrogens is 690 g/mol. The van der Waals surface area contributed by atoms with E-state index in [0.29, 0.717) is 5.95 Å².